The molecule has 0 aliphatic rings. The van der Waals surface area contributed by atoms with Crippen LogP contribution >= 0.6 is 12.6 Å². The second-order valence-electron chi connectivity index (χ2n) is 2.91. The highest BCUT2D eigenvalue weighted by Crippen LogP contribution is 2.12. The molecule has 0 radical (unpaired) electrons. The van der Waals surface area contributed by atoms with Crippen LogP contribution in [0.1, 0.15) is 10.4 Å². The molecule has 0 saturated heterocycles. The van der Waals surface area contributed by atoms with Crippen LogP contribution in [-0.4, -0.2) is 26.1 Å². The molecule has 2 rings (SSSR count). The number of hydrogen-bond acceptors (Lipinski definition) is 6. The van der Waals surface area contributed by atoms with Crippen molar-refractivity contribution in [2.24, 2.45) is 5.84 Å². The molecule has 0 bridgehead atoms. The SMILES string of the molecule is NNC(=O)c1cccc(-n2nnnc2S)c1. The third-order valence-electron chi connectivity index (χ3n) is 1.94. The van der Waals surface area contributed by atoms with E-state index in [2.05, 4.69) is 28.2 Å². The summed E-state index contributed by atoms with van der Waals surface area (Å²) in [7, 11) is 0. The molecule has 7 nitrogen and oxygen atoms in total. The maximum atomic E-state index is 11.3. The predicted molar refractivity (Wildman–Crippen MR) is 58.1 cm³/mol. The molecule has 8 heteroatoms. The van der Waals surface area contributed by atoms with Gasteiger partial charge < -0.3 is 0 Å². The molecular formula is C8H8N6OS. The number of tetrazole rings is 1. The van der Waals surface area contributed by atoms with Gasteiger partial charge in [-0.2, -0.15) is 4.68 Å². The second-order valence-corrected chi connectivity index (χ2v) is 3.31. The molecule has 82 valence electrons. The van der Waals surface area contributed by atoms with E-state index in [0.29, 0.717) is 16.4 Å². The summed E-state index contributed by atoms with van der Waals surface area (Å²) in [5.41, 5.74) is 3.10. The number of amides is 1. The Morgan fingerprint density at radius 1 is 1.50 bits per heavy atom. The van der Waals surface area contributed by atoms with Gasteiger partial charge in [0.2, 0.25) is 5.16 Å². The third-order valence-corrected chi connectivity index (χ3v) is 2.22. The largest absolute Gasteiger partial charge is 0.290 e. The number of nitrogens with zero attached hydrogens (tertiary/aromatic N) is 4. The molecule has 3 N–H and O–H groups in total. The van der Waals surface area contributed by atoms with E-state index in [0.717, 1.165) is 0 Å². The summed E-state index contributed by atoms with van der Waals surface area (Å²) in [4.78, 5) is 11.3. The molecular weight excluding hydrogens is 228 g/mol. The number of carbonyl (C=O) groups is 1. The Kier molecular flexibility index (Phi) is 2.84. The third kappa shape index (κ3) is 1.88. The highest BCUT2D eigenvalue weighted by Gasteiger charge is 2.08. The molecule has 1 aromatic heterocycles. The highest BCUT2D eigenvalue weighted by atomic mass is 32.1. The second kappa shape index (κ2) is 4.29. The number of carbonyl (C=O) groups excluding carboxylic acids is 1. The normalized spacial score (nSPS) is 10.1. The molecule has 0 fully saturated rings. The maximum absolute atomic E-state index is 11.3. The molecule has 0 unspecified atom stereocenters. The number of rotatable bonds is 2. The Bertz CT molecular complexity index is 525. The van der Waals surface area contributed by atoms with Gasteiger partial charge in [-0.3, -0.25) is 10.2 Å². The van der Waals surface area contributed by atoms with Gasteiger partial charge in [-0.05, 0) is 28.6 Å². The zero-order chi connectivity index (χ0) is 11.5. The summed E-state index contributed by atoms with van der Waals surface area (Å²) in [6.07, 6.45) is 0. The quantitative estimate of drug-likeness (QED) is 0.284. The Morgan fingerprint density at radius 2 is 2.31 bits per heavy atom. The predicted octanol–water partition coefficient (Wildman–Crippen LogP) is -0.446. The molecule has 0 atom stereocenters. The van der Waals surface area contributed by atoms with Crippen molar-refractivity contribution in [1.29, 1.82) is 0 Å². The molecule has 0 saturated carbocycles. The van der Waals surface area contributed by atoms with Crippen molar-refractivity contribution in [3.05, 3.63) is 29.8 Å². The first-order valence-electron chi connectivity index (χ1n) is 4.31. The summed E-state index contributed by atoms with van der Waals surface area (Å²) in [6.45, 7) is 0. The monoisotopic (exact) mass is 236 g/mol. The fraction of sp³-hybridized carbons (Fsp3) is 0. The summed E-state index contributed by atoms with van der Waals surface area (Å²) in [6, 6.07) is 6.70. The topological polar surface area (TPSA) is 98.7 Å². The van der Waals surface area contributed by atoms with Crippen molar-refractivity contribution < 1.29 is 4.79 Å². The first-order chi connectivity index (χ1) is 7.72. The van der Waals surface area contributed by atoms with Crippen molar-refractivity contribution in [1.82, 2.24) is 25.6 Å². The molecule has 1 amide bonds. The molecule has 2 aromatic rings. The van der Waals surface area contributed by atoms with Crippen molar-refractivity contribution >= 4 is 18.5 Å². The Labute approximate surface area is 96.0 Å². The van der Waals surface area contributed by atoms with E-state index < -0.39 is 0 Å². The standard InChI is InChI=1S/C8H8N6OS/c9-10-7(15)5-2-1-3-6(4-5)14-8(16)11-12-13-14/h1-4H,9H2,(H,10,15)(H,11,13,16). The molecule has 16 heavy (non-hydrogen) atoms. The van der Waals surface area contributed by atoms with Gasteiger partial charge in [0.1, 0.15) is 0 Å². The number of hydrazine groups is 1. The first kappa shape index (κ1) is 10.6. The average Bonchev–Trinajstić information content (AvgIpc) is 2.74. The van der Waals surface area contributed by atoms with Gasteiger partial charge in [-0.25, -0.2) is 5.84 Å². The van der Waals surface area contributed by atoms with Crippen LogP contribution in [0.2, 0.25) is 0 Å². The van der Waals surface area contributed by atoms with Crippen molar-refractivity contribution in [3.63, 3.8) is 0 Å². The summed E-state index contributed by atoms with van der Waals surface area (Å²) in [5, 5.41) is 11.1. The zero-order valence-electron chi connectivity index (χ0n) is 8.03. The van der Waals surface area contributed by atoms with Crippen LogP contribution in [0.5, 0.6) is 0 Å². The van der Waals surface area contributed by atoms with Gasteiger partial charge in [-0.15, -0.1) is 17.7 Å². The summed E-state index contributed by atoms with van der Waals surface area (Å²) < 4.78 is 1.40. The van der Waals surface area contributed by atoms with Crippen molar-refractivity contribution in [2.45, 2.75) is 5.16 Å². The summed E-state index contributed by atoms with van der Waals surface area (Å²) >= 11 is 4.07. The zero-order valence-corrected chi connectivity index (χ0v) is 8.93. The van der Waals surface area contributed by atoms with Crippen LogP contribution in [0, 0.1) is 0 Å². The lowest BCUT2D eigenvalue weighted by atomic mass is 10.2. The van der Waals surface area contributed by atoms with Crippen molar-refractivity contribution in [3.8, 4) is 5.69 Å². The number of nitrogen functional groups attached to an aromatic ring is 1. The van der Waals surface area contributed by atoms with E-state index in [-0.39, 0.29) is 5.91 Å². The van der Waals surface area contributed by atoms with E-state index in [9.17, 15) is 4.79 Å². The van der Waals surface area contributed by atoms with Gasteiger partial charge >= 0.3 is 0 Å². The van der Waals surface area contributed by atoms with Gasteiger partial charge in [-0.1, -0.05) is 6.07 Å². The Morgan fingerprint density at radius 3 is 2.94 bits per heavy atom. The molecule has 0 aliphatic carbocycles. The number of hydrogen-bond donors (Lipinski definition) is 3. The van der Waals surface area contributed by atoms with Crippen LogP contribution in [0.25, 0.3) is 5.69 Å². The highest BCUT2D eigenvalue weighted by molar-refractivity contribution is 7.80. The van der Waals surface area contributed by atoms with Crippen LogP contribution in [0.3, 0.4) is 0 Å². The van der Waals surface area contributed by atoms with Crippen LogP contribution in [-0.2, 0) is 0 Å². The minimum Gasteiger partial charge on any atom is -0.290 e. The van der Waals surface area contributed by atoms with Gasteiger partial charge in [0, 0.05) is 5.56 Å². The van der Waals surface area contributed by atoms with Gasteiger partial charge in [0.15, 0.2) is 0 Å². The van der Waals surface area contributed by atoms with E-state index in [1.165, 1.54) is 4.68 Å². The lowest BCUT2D eigenvalue weighted by Gasteiger charge is -2.03. The lowest BCUT2D eigenvalue weighted by molar-refractivity contribution is 0.0953. The fourth-order valence-electron chi connectivity index (χ4n) is 1.21. The number of benzene rings is 1. The lowest BCUT2D eigenvalue weighted by Crippen LogP contribution is -2.30. The van der Waals surface area contributed by atoms with Gasteiger partial charge in [0.25, 0.3) is 5.91 Å². The number of nitrogens with two attached hydrogens (primary N) is 1. The molecule has 0 aliphatic heterocycles. The average molecular weight is 236 g/mol. The van der Waals surface area contributed by atoms with E-state index in [1.54, 1.807) is 24.3 Å². The number of aromatic nitrogens is 4. The van der Waals surface area contributed by atoms with Crippen LogP contribution in [0.15, 0.2) is 29.4 Å². The Hall–Kier alpha value is -1.93. The van der Waals surface area contributed by atoms with Crippen LogP contribution < -0.4 is 11.3 Å². The minimum absolute atomic E-state index is 0.338. The van der Waals surface area contributed by atoms with Crippen LogP contribution in [0.4, 0.5) is 0 Å². The smallest absolute Gasteiger partial charge is 0.265 e. The number of thiol groups is 1. The molecule has 1 heterocycles. The van der Waals surface area contributed by atoms with Gasteiger partial charge in [0.05, 0.1) is 5.69 Å². The fourth-order valence-corrected chi connectivity index (χ4v) is 1.41. The summed E-state index contributed by atoms with van der Waals surface area (Å²) in [5.74, 6) is 4.66. The van der Waals surface area contributed by atoms with E-state index in [4.69, 9.17) is 5.84 Å². The first-order valence-corrected chi connectivity index (χ1v) is 4.76. The maximum Gasteiger partial charge on any atom is 0.265 e. The molecule has 1 aromatic carbocycles. The van der Waals surface area contributed by atoms with E-state index in [1.807, 2.05) is 5.43 Å². The Balaban J connectivity index is 2.44. The van der Waals surface area contributed by atoms with E-state index >= 15 is 0 Å². The minimum atomic E-state index is -0.379. The molecule has 0 spiro atoms. The van der Waals surface area contributed by atoms with Crippen molar-refractivity contribution in [2.75, 3.05) is 0 Å². The number of nitrogens with one attached hydrogen (secondary N) is 1.